The van der Waals surface area contributed by atoms with Crippen molar-refractivity contribution in [2.24, 2.45) is 0 Å². The smallest absolute Gasteiger partial charge is 0.227 e. The van der Waals surface area contributed by atoms with Crippen molar-refractivity contribution in [3.63, 3.8) is 0 Å². The summed E-state index contributed by atoms with van der Waals surface area (Å²) in [5, 5.41) is 3.87. The molecule has 4 heteroatoms. The van der Waals surface area contributed by atoms with E-state index in [0.29, 0.717) is 11.0 Å². The van der Waals surface area contributed by atoms with E-state index in [0.717, 1.165) is 29.9 Å². The topological polar surface area (TPSA) is 37.8 Å². The monoisotopic (exact) mass is 261 g/mol. The first kappa shape index (κ1) is 12.8. The van der Waals surface area contributed by atoms with Gasteiger partial charge in [-0.25, -0.2) is 9.97 Å². The van der Waals surface area contributed by atoms with Crippen molar-refractivity contribution in [1.29, 1.82) is 0 Å². The van der Waals surface area contributed by atoms with Crippen molar-refractivity contribution in [2.45, 2.75) is 26.7 Å². The average Bonchev–Trinajstić information content (AvgIpc) is 2.37. The lowest BCUT2D eigenvalue weighted by Gasteiger charge is -2.09. The third kappa shape index (κ3) is 2.99. The van der Waals surface area contributed by atoms with E-state index in [9.17, 15) is 0 Å². The summed E-state index contributed by atoms with van der Waals surface area (Å²) in [6.45, 7) is 4.01. The summed E-state index contributed by atoms with van der Waals surface area (Å²) < 4.78 is 0. The lowest BCUT2D eigenvalue weighted by Crippen LogP contribution is -2.03. The van der Waals surface area contributed by atoms with Crippen LogP contribution in [0.5, 0.6) is 0 Å². The van der Waals surface area contributed by atoms with E-state index in [-0.39, 0.29) is 0 Å². The zero-order valence-electron chi connectivity index (χ0n) is 10.6. The van der Waals surface area contributed by atoms with Gasteiger partial charge in [-0.2, -0.15) is 0 Å². The van der Waals surface area contributed by atoms with Crippen LogP contribution in [0, 0.1) is 6.92 Å². The number of para-hydroxylation sites is 1. The van der Waals surface area contributed by atoms with Gasteiger partial charge in [0.15, 0.2) is 0 Å². The Bertz CT molecular complexity index is 526. The van der Waals surface area contributed by atoms with Crippen LogP contribution in [0.15, 0.2) is 30.3 Å². The van der Waals surface area contributed by atoms with E-state index in [1.807, 2.05) is 37.3 Å². The number of nitrogens with zero attached hydrogens (tertiary/aromatic N) is 2. The molecular weight excluding hydrogens is 246 g/mol. The molecule has 2 aromatic rings. The normalized spacial score (nSPS) is 10.4. The van der Waals surface area contributed by atoms with Crippen LogP contribution in [0.1, 0.15) is 24.7 Å². The zero-order valence-corrected chi connectivity index (χ0v) is 11.3. The van der Waals surface area contributed by atoms with E-state index in [1.54, 1.807) is 0 Å². The van der Waals surface area contributed by atoms with Crippen molar-refractivity contribution in [3.8, 4) is 0 Å². The molecule has 0 atom stereocenters. The Hall–Kier alpha value is -1.61. The van der Waals surface area contributed by atoms with Gasteiger partial charge in [-0.3, -0.25) is 0 Å². The highest BCUT2D eigenvalue weighted by Gasteiger charge is 2.09. The maximum Gasteiger partial charge on any atom is 0.227 e. The maximum absolute atomic E-state index is 6.19. The summed E-state index contributed by atoms with van der Waals surface area (Å²) in [4.78, 5) is 8.82. The highest BCUT2D eigenvalue weighted by Crippen LogP contribution is 2.22. The fourth-order valence-electron chi connectivity index (χ4n) is 1.73. The molecule has 1 N–H and O–H groups in total. The number of rotatable bonds is 4. The molecule has 0 saturated heterocycles. The third-order valence-electron chi connectivity index (χ3n) is 2.60. The first-order chi connectivity index (χ1) is 8.70. The van der Waals surface area contributed by atoms with Crippen molar-refractivity contribution in [2.75, 3.05) is 5.32 Å². The fourth-order valence-corrected chi connectivity index (χ4v) is 1.91. The summed E-state index contributed by atoms with van der Waals surface area (Å²) in [7, 11) is 0. The van der Waals surface area contributed by atoms with E-state index < -0.39 is 0 Å². The van der Waals surface area contributed by atoms with Gasteiger partial charge in [0.25, 0.3) is 0 Å². The Morgan fingerprint density at radius 3 is 2.56 bits per heavy atom. The molecule has 0 aliphatic heterocycles. The Balaban J connectivity index is 2.28. The van der Waals surface area contributed by atoms with Crippen LogP contribution >= 0.6 is 11.6 Å². The maximum atomic E-state index is 6.19. The van der Waals surface area contributed by atoms with Crippen LogP contribution < -0.4 is 5.32 Å². The first-order valence-electron chi connectivity index (χ1n) is 6.05. The van der Waals surface area contributed by atoms with Gasteiger partial charge in [-0.05, 0) is 25.5 Å². The SMILES string of the molecule is CCCc1nc(Nc2ccccc2)nc(C)c1Cl. The molecular formula is C14H16ClN3. The molecule has 18 heavy (non-hydrogen) atoms. The number of nitrogens with one attached hydrogen (secondary N) is 1. The van der Waals surface area contributed by atoms with Gasteiger partial charge in [-0.1, -0.05) is 43.1 Å². The van der Waals surface area contributed by atoms with Crippen molar-refractivity contribution < 1.29 is 0 Å². The number of hydrogen-bond donors (Lipinski definition) is 1. The second-order valence-corrected chi connectivity index (χ2v) is 4.51. The number of anilines is 2. The molecule has 0 radical (unpaired) electrons. The lowest BCUT2D eigenvalue weighted by molar-refractivity contribution is 0.869. The van der Waals surface area contributed by atoms with Gasteiger partial charge in [0.1, 0.15) is 0 Å². The number of hydrogen-bond acceptors (Lipinski definition) is 3. The van der Waals surface area contributed by atoms with Gasteiger partial charge >= 0.3 is 0 Å². The van der Waals surface area contributed by atoms with Crippen molar-refractivity contribution in [3.05, 3.63) is 46.7 Å². The Labute approximate surface area is 112 Å². The minimum absolute atomic E-state index is 0.603. The summed E-state index contributed by atoms with van der Waals surface area (Å²) in [6, 6.07) is 9.87. The second-order valence-electron chi connectivity index (χ2n) is 4.13. The minimum Gasteiger partial charge on any atom is -0.324 e. The van der Waals surface area contributed by atoms with Crippen LogP contribution in [0.2, 0.25) is 5.02 Å². The van der Waals surface area contributed by atoms with E-state index in [1.165, 1.54) is 0 Å². The van der Waals surface area contributed by atoms with Crippen LogP contribution in [0.3, 0.4) is 0 Å². The number of benzene rings is 1. The molecule has 0 amide bonds. The molecule has 1 aromatic carbocycles. The third-order valence-corrected chi connectivity index (χ3v) is 3.09. The molecule has 0 spiro atoms. The highest BCUT2D eigenvalue weighted by molar-refractivity contribution is 6.31. The lowest BCUT2D eigenvalue weighted by atomic mass is 10.2. The molecule has 94 valence electrons. The number of aromatic nitrogens is 2. The molecule has 1 heterocycles. The Kier molecular flexibility index (Phi) is 4.15. The number of halogens is 1. The predicted octanol–water partition coefficient (Wildman–Crippen LogP) is 4.13. The second kappa shape index (κ2) is 5.83. The summed E-state index contributed by atoms with van der Waals surface area (Å²) in [5.74, 6) is 0.603. The fraction of sp³-hybridized carbons (Fsp3) is 0.286. The Morgan fingerprint density at radius 1 is 1.17 bits per heavy atom. The van der Waals surface area contributed by atoms with E-state index in [4.69, 9.17) is 11.6 Å². The molecule has 0 unspecified atom stereocenters. The molecule has 0 fully saturated rings. The summed E-state index contributed by atoms with van der Waals surface area (Å²) >= 11 is 6.19. The van der Waals surface area contributed by atoms with Crippen LogP contribution in [-0.2, 0) is 6.42 Å². The predicted molar refractivity (Wildman–Crippen MR) is 75.5 cm³/mol. The van der Waals surface area contributed by atoms with Gasteiger partial charge in [0.2, 0.25) is 5.95 Å². The van der Waals surface area contributed by atoms with E-state index >= 15 is 0 Å². The molecule has 1 aromatic heterocycles. The van der Waals surface area contributed by atoms with Gasteiger partial charge in [0.05, 0.1) is 16.4 Å². The minimum atomic E-state index is 0.603. The quantitative estimate of drug-likeness (QED) is 0.899. The largest absolute Gasteiger partial charge is 0.324 e. The van der Waals surface area contributed by atoms with Crippen molar-refractivity contribution >= 4 is 23.2 Å². The highest BCUT2D eigenvalue weighted by atomic mass is 35.5. The number of aryl methyl sites for hydroxylation is 2. The molecule has 2 rings (SSSR count). The van der Waals surface area contributed by atoms with Crippen molar-refractivity contribution in [1.82, 2.24) is 9.97 Å². The zero-order chi connectivity index (χ0) is 13.0. The first-order valence-corrected chi connectivity index (χ1v) is 6.43. The van der Waals surface area contributed by atoms with Gasteiger partial charge in [-0.15, -0.1) is 0 Å². The standard InChI is InChI=1S/C14H16ClN3/c1-3-7-12-13(15)10(2)16-14(18-12)17-11-8-5-4-6-9-11/h4-6,8-9H,3,7H2,1-2H3,(H,16,17,18). The van der Waals surface area contributed by atoms with Gasteiger partial charge < -0.3 is 5.32 Å². The summed E-state index contributed by atoms with van der Waals surface area (Å²) in [5.41, 5.74) is 2.69. The average molecular weight is 262 g/mol. The Morgan fingerprint density at radius 2 is 1.89 bits per heavy atom. The molecule has 0 aliphatic carbocycles. The van der Waals surface area contributed by atoms with Crippen LogP contribution in [0.4, 0.5) is 11.6 Å². The van der Waals surface area contributed by atoms with Crippen LogP contribution in [0.25, 0.3) is 0 Å². The molecule has 0 aliphatic rings. The molecule has 0 saturated carbocycles. The van der Waals surface area contributed by atoms with Gasteiger partial charge in [0, 0.05) is 5.69 Å². The summed E-state index contributed by atoms with van der Waals surface area (Å²) in [6.07, 6.45) is 1.88. The van der Waals surface area contributed by atoms with Crippen LogP contribution in [-0.4, -0.2) is 9.97 Å². The van der Waals surface area contributed by atoms with E-state index in [2.05, 4.69) is 22.2 Å². The molecule has 0 bridgehead atoms. The molecule has 3 nitrogen and oxygen atoms in total.